The first-order chi connectivity index (χ1) is 10.9. The van der Waals surface area contributed by atoms with E-state index < -0.39 is 5.60 Å². The van der Waals surface area contributed by atoms with Gasteiger partial charge in [0.05, 0.1) is 16.7 Å². The Hall–Kier alpha value is -1.66. The number of rotatable bonds is 4. The van der Waals surface area contributed by atoms with E-state index >= 15 is 0 Å². The Labute approximate surface area is 143 Å². The van der Waals surface area contributed by atoms with Crippen LogP contribution in [0.4, 0.5) is 0 Å². The lowest BCUT2D eigenvalue weighted by Gasteiger charge is -2.24. The number of fused-ring (bicyclic) bond motifs is 1. The fourth-order valence-corrected chi connectivity index (χ4v) is 3.85. The first-order valence-corrected chi connectivity index (χ1v) is 8.54. The minimum absolute atomic E-state index is 0.180. The SMILES string of the molecule is CC(C)c1[nH]nc(C(=O)NC[C@]2(O)CCc3ccccc32)c1Br. The maximum Gasteiger partial charge on any atom is 0.273 e. The molecule has 0 spiro atoms. The number of aromatic nitrogens is 2. The van der Waals surface area contributed by atoms with E-state index in [1.807, 2.05) is 38.1 Å². The molecule has 1 aliphatic rings. The van der Waals surface area contributed by atoms with Gasteiger partial charge in [-0.15, -0.1) is 0 Å². The molecule has 0 bridgehead atoms. The number of amides is 1. The van der Waals surface area contributed by atoms with Gasteiger partial charge in [-0.1, -0.05) is 38.1 Å². The Morgan fingerprint density at radius 1 is 1.48 bits per heavy atom. The molecule has 0 radical (unpaired) electrons. The maximum atomic E-state index is 12.4. The predicted octanol–water partition coefficient (Wildman–Crippen LogP) is 2.86. The Morgan fingerprint density at radius 3 is 2.91 bits per heavy atom. The van der Waals surface area contributed by atoms with Crippen LogP contribution in [0.15, 0.2) is 28.7 Å². The molecule has 0 saturated carbocycles. The highest BCUT2D eigenvalue weighted by Gasteiger charge is 2.37. The van der Waals surface area contributed by atoms with Crippen LogP contribution >= 0.6 is 15.9 Å². The molecule has 3 rings (SSSR count). The zero-order valence-corrected chi connectivity index (χ0v) is 14.8. The third-order valence-corrected chi connectivity index (χ3v) is 5.20. The molecule has 0 aliphatic heterocycles. The minimum Gasteiger partial charge on any atom is -0.383 e. The van der Waals surface area contributed by atoms with Gasteiger partial charge in [0.2, 0.25) is 0 Å². The van der Waals surface area contributed by atoms with Gasteiger partial charge in [-0.25, -0.2) is 0 Å². The van der Waals surface area contributed by atoms with Gasteiger partial charge in [0, 0.05) is 0 Å². The zero-order valence-electron chi connectivity index (χ0n) is 13.2. The number of hydrogen-bond donors (Lipinski definition) is 3. The van der Waals surface area contributed by atoms with Crippen LogP contribution in [0.25, 0.3) is 0 Å². The van der Waals surface area contributed by atoms with E-state index in [1.54, 1.807) is 0 Å². The summed E-state index contributed by atoms with van der Waals surface area (Å²) in [5, 5.41) is 20.6. The number of nitrogens with one attached hydrogen (secondary N) is 2. The Kier molecular flexibility index (Phi) is 4.29. The molecule has 1 aromatic heterocycles. The molecule has 23 heavy (non-hydrogen) atoms. The highest BCUT2D eigenvalue weighted by atomic mass is 79.9. The minimum atomic E-state index is -1.00. The van der Waals surface area contributed by atoms with E-state index in [-0.39, 0.29) is 18.4 Å². The molecule has 1 atom stereocenters. The number of nitrogens with zero attached hydrogens (tertiary/aromatic N) is 1. The molecule has 1 aromatic carbocycles. The summed E-state index contributed by atoms with van der Waals surface area (Å²) in [6, 6.07) is 7.83. The fraction of sp³-hybridized carbons (Fsp3) is 0.412. The fourth-order valence-electron chi connectivity index (χ4n) is 3.04. The lowest BCUT2D eigenvalue weighted by atomic mass is 9.96. The number of halogens is 1. The molecule has 0 saturated heterocycles. The van der Waals surface area contributed by atoms with Gasteiger partial charge in [0.25, 0.3) is 5.91 Å². The van der Waals surface area contributed by atoms with Crippen LogP contribution in [0.1, 0.15) is 53.5 Å². The van der Waals surface area contributed by atoms with Crippen molar-refractivity contribution in [2.45, 2.75) is 38.2 Å². The molecule has 0 unspecified atom stereocenters. The van der Waals surface area contributed by atoms with E-state index in [9.17, 15) is 9.90 Å². The van der Waals surface area contributed by atoms with Crippen LogP contribution < -0.4 is 5.32 Å². The molecule has 5 nitrogen and oxygen atoms in total. The molecular formula is C17H20BrN3O2. The van der Waals surface area contributed by atoms with Crippen molar-refractivity contribution in [3.05, 3.63) is 51.3 Å². The summed E-state index contributed by atoms with van der Waals surface area (Å²) in [6.07, 6.45) is 1.44. The number of aryl methyl sites for hydroxylation is 1. The van der Waals surface area contributed by atoms with Crippen LogP contribution in [-0.2, 0) is 12.0 Å². The molecule has 6 heteroatoms. The second kappa shape index (κ2) is 6.09. The highest BCUT2D eigenvalue weighted by Crippen LogP contribution is 2.36. The number of H-pyrrole nitrogens is 1. The van der Waals surface area contributed by atoms with Crippen molar-refractivity contribution in [3.8, 4) is 0 Å². The van der Waals surface area contributed by atoms with Crippen molar-refractivity contribution in [3.63, 3.8) is 0 Å². The Balaban J connectivity index is 1.73. The molecule has 0 fully saturated rings. The van der Waals surface area contributed by atoms with E-state index in [2.05, 4.69) is 31.4 Å². The molecular weight excluding hydrogens is 358 g/mol. The third kappa shape index (κ3) is 2.93. The van der Waals surface area contributed by atoms with Crippen LogP contribution in [0.2, 0.25) is 0 Å². The second-order valence-electron chi connectivity index (χ2n) is 6.33. The van der Waals surface area contributed by atoms with Crippen LogP contribution in [0.5, 0.6) is 0 Å². The van der Waals surface area contributed by atoms with Crippen molar-refractivity contribution in [1.82, 2.24) is 15.5 Å². The lowest BCUT2D eigenvalue weighted by Crippen LogP contribution is -2.39. The highest BCUT2D eigenvalue weighted by molar-refractivity contribution is 9.10. The molecule has 1 heterocycles. The summed E-state index contributed by atoms with van der Waals surface area (Å²) < 4.78 is 0.684. The van der Waals surface area contributed by atoms with Gasteiger partial charge in [-0.3, -0.25) is 9.89 Å². The molecule has 2 aromatic rings. The van der Waals surface area contributed by atoms with E-state index in [0.29, 0.717) is 16.6 Å². The van der Waals surface area contributed by atoms with Crippen molar-refractivity contribution in [2.24, 2.45) is 0 Å². The van der Waals surface area contributed by atoms with Crippen LogP contribution in [0, 0.1) is 0 Å². The lowest BCUT2D eigenvalue weighted by molar-refractivity contribution is 0.0368. The summed E-state index contributed by atoms with van der Waals surface area (Å²) in [7, 11) is 0. The van der Waals surface area contributed by atoms with Crippen molar-refractivity contribution in [1.29, 1.82) is 0 Å². The van der Waals surface area contributed by atoms with Gasteiger partial charge in [-0.2, -0.15) is 5.10 Å². The number of benzene rings is 1. The summed E-state index contributed by atoms with van der Waals surface area (Å²) in [4.78, 5) is 12.4. The van der Waals surface area contributed by atoms with E-state index in [1.165, 1.54) is 0 Å². The molecule has 122 valence electrons. The number of hydrogen-bond acceptors (Lipinski definition) is 3. The first-order valence-electron chi connectivity index (χ1n) is 7.75. The van der Waals surface area contributed by atoms with Crippen molar-refractivity contribution in [2.75, 3.05) is 6.54 Å². The van der Waals surface area contributed by atoms with E-state index in [4.69, 9.17) is 0 Å². The van der Waals surface area contributed by atoms with Gasteiger partial charge in [0.1, 0.15) is 5.60 Å². The Bertz CT molecular complexity index is 741. The smallest absolute Gasteiger partial charge is 0.273 e. The van der Waals surface area contributed by atoms with Crippen molar-refractivity contribution >= 4 is 21.8 Å². The second-order valence-corrected chi connectivity index (χ2v) is 7.12. The summed E-state index contributed by atoms with van der Waals surface area (Å²) in [5.41, 5.74) is 2.26. The van der Waals surface area contributed by atoms with Gasteiger partial charge < -0.3 is 10.4 Å². The largest absolute Gasteiger partial charge is 0.383 e. The monoisotopic (exact) mass is 377 g/mol. The summed E-state index contributed by atoms with van der Waals surface area (Å²) in [5.74, 6) is -0.0536. The number of carbonyl (C=O) groups excluding carboxylic acids is 1. The summed E-state index contributed by atoms with van der Waals surface area (Å²) in [6.45, 7) is 4.23. The van der Waals surface area contributed by atoms with Crippen LogP contribution in [-0.4, -0.2) is 27.8 Å². The molecule has 3 N–H and O–H groups in total. The van der Waals surface area contributed by atoms with Crippen LogP contribution in [0.3, 0.4) is 0 Å². The maximum absolute atomic E-state index is 12.4. The first kappa shape index (κ1) is 16.2. The normalized spacial score (nSPS) is 19.9. The molecule has 1 aliphatic carbocycles. The molecule has 1 amide bonds. The number of aromatic amines is 1. The predicted molar refractivity (Wildman–Crippen MR) is 91.4 cm³/mol. The average Bonchev–Trinajstić information content (AvgIpc) is 3.07. The van der Waals surface area contributed by atoms with Gasteiger partial charge >= 0.3 is 0 Å². The van der Waals surface area contributed by atoms with Crippen molar-refractivity contribution < 1.29 is 9.90 Å². The third-order valence-electron chi connectivity index (χ3n) is 4.39. The van der Waals surface area contributed by atoms with E-state index in [0.717, 1.165) is 23.2 Å². The van der Waals surface area contributed by atoms with Gasteiger partial charge in [-0.05, 0) is 45.8 Å². The summed E-state index contributed by atoms with van der Waals surface area (Å²) >= 11 is 3.43. The topological polar surface area (TPSA) is 78.0 Å². The Morgan fingerprint density at radius 2 is 2.22 bits per heavy atom. The zero-order chi connectivity index (χ0) is 16.6. The standard InChI is InChI=1S/C17H20BrN3O2/c1-10(2)14-13(18)15(21-20-14)16(22)19-9-17(23)8-7-11-5-3-4-6-12(11)17/h3-6,10,23H,7-9H2,1-2H3,(H,19,22)(H,20,21)/t17-/m1/s1. The number of aliphatic hydroxyl groups is 1. The quantitative estimate of drug-likeness (QED) is 0.766. The average molecular weight is 378 g/mol. The number of carbonyl (C=O) groups is 1. The van der Waals surface area contributed by atoms with Gasteiger partial charge in [0.15, 0.2) is 5.69 Å².